The van der Waals surface area contributed by atoms with Crippen molar-refractivity contribution in [3.63, 3.8) is 0 Å². The lowest BCUT2D eigenvalue weighted by Gasteiger charge is -2.14. The third kappa shape index (κ3) is 3.49. The molecule has 0 bridgehead atoms. The number of rotatable bonds is 3. The van der Waals surface area contributed by atoms with E-state index in [1.807, 2.05) is 0 Å². The number of nitrogens with zero attached hydrogens (tertiary/aromatic N) is 2. The molecule has 0 radical (unpaired) electrons. The summed E-state index contributed by atoms with van der Waals surface area (Å²) >= 11 is 0. The van der Waals surface area contributed by atoms with Crippen LogP contribution in [0.4, 0.5) is 4.79 Å². The van der Waals surface area contributed by atoms with Crippen LogP contribution in [0.3, 0.4) is 0 Å². The lowest BCUT2D eigenvalue weighted by atomic mass is 10.2. The number of pyridine rings is 1. The maximum atomic E-state index is 11.0. The van der Waals surface area contributed by atoms with Gasteiger partial charge in [0.2, 0.25) is 11.8 Å². The van der Waals surface area contributed by atoms with E-state index in [-0.39, 0.29) is 0 Å². The van der Waals surface area contributed by atoms with E-state index >= 15 is 0 Å². The third-order valence-corrected chi connectivity index (χ3v) is 2.71. The average Bonchev–Trinajstić information content (AvgIpc) is 2.57. The zero-order valence-corrected chi connectivity index (χ0v) is 11.1. The van der Waals surface area contributed by atoms with Gasteiger partial charge in [-0.25, -0.2) is 4.79 Å². The first-order chi connectivity index (χ1) is 9.06. The SMILES string of the molecule is CC(C)COc1ccc2c(n1)OCCN(C(=O)O)C2. The smallest absolute Gasteiger partial charge is 0.407 e. The van der Waals surface area contributed by atoms with Crippen molar-refractivity contribution >= 4 is 6.09 Å². The molecular formula is C13H18N2O4. The molecule has 1 amide bonds. The Kier molecular flexibility index (Phi) is 4.09. The second-order valence-corrected chi connectivity index (χ2v) is 4.87. The summed E-state index contributed by atoms with van der Waals surface area (Å²) in [5.74, 6) is 1.39. The minimum absolute atomic E-state index is 0.294. The van der Waals surface area contributed by atoms with Gasteiger partial charge in [0.1, 0.15) is 6.61 Å². The van der Waals surface area contributed by atoms with Gasteiger partial charge in [-0.3, -0.25) is 0 Å². The summed E-state index contributed by atoms with van der Waals surface area (Å²) in [6, 6.07) is 3.55. The number of fused-ring (bicyclic) bond motifs is 1. The van der Waals surface area contributed by atoms with Crippen LogP contribution in [0.25, 0.3) is 0 Å². The summed E-state index contributed by atoms with van der Waals surface area (Å²) in [4.78, 5) is 16.6. The van der Waals surface area contributed by atoms with Crippen LogP contribution < -0.4 is 9.47 Å². The van der Waals surface area contributed by atoms with E-state index < -0.39 is 6.09 Å². The molecule has 2 rings (SSSR count). The first kappa shape index (κ1) is 13.5. The molecule has 2 heterocycles. The summed E-state index contributed by atoms with van der Waals surface area (Å²) in [6.07, 6.45) is -0.948. The lowest BCUT2D eigenvalue weighted by molar-refractivity contribution is 0.137. The first-order valence-electron chi connectivity index (χ1n) is 6.29. The maximum Gasteiger partial charge on any atom is 0.407 e. The summed E-state index contributed by atoms with van der Waals surface area (Å²) in [5.41, 5.74) is 0.761. The van der Waals surface area contributed by atoms with E-state index in [2.05, 4.69) is 18.8 Å². The van der Waals surface area contributed by atoms with Crippen LogP contribution in [0.15, 0.2) is 12.1 Å². The molecule has 0 aromatic carbocycles. The van der Waals surface area contributed by atoms with E-state index in [4.69, 9.17) is 14.6 Å². The van der Waals surface area contributed by atoms with Gasteiger partial charge in [-0.05, 0) is 12.0 Å². The fourth-order valence-electron chi connectivity index (χ4n) is 1.73. The molecule has 19 heavy (non-hydrogen) atoms. The van der Waals surface area contributed by atoms with Gasteiger partial charge in [-0.15, -0.1) is 0 Å². The second-order valence-electron chi connectivity index (χ2n) is 4.87. The zero-order valence-electron chi connectivity index (χ0n) is 11.1. The molecular weight excluding hydrogens is 248 g/mol. The summed E-state index contributed by atoms with van der Waals surface area (Å²) in [6.45, 7) is 5.65. The van der Waals surface area contributed by atoms with Gasteiger partial charge in [0, 0.05) is 11.6 Å². The van der Waals surface area contributed by atoms with Crippen molar-refractivity contribution < 1.29 is 19.4 Å². The van der Waals surface area contributed by atoms with Crippen LogP contribution in [0, 0.1) is 5.92 Å². The van der Waals surface area contributed by atoms with Gasteiger partial charge in [0.15, 0.2) is 0 Å². The minimum Gasteiger partial charge on any atom is -0.477 e. The molecule has 1 aliphatic heterocycles. The number of hydrogen-bond acceptors (Lipinski definition) is 4. The molecule has 0 spiro atoms. The largest absolute Gasteiger partial charge is 0.477 e. The van der Waals surface area contributed by atoms with E-state index in [1.54, 1.807) is 12.1 Å². The van der Waals surface area contributed by atoms with Crippen LogP contribution in [0.2, 0.25) is 0 Å². The van der Waals surface area contributed by atoms with Crippen molar-refractivity contribution in [3.05, 3.63) is 17.7 Å². The summed E-state index contributed by atoms with van der Waals surface area (Å²) in [5, 5.41) is 9.01. The normalized spacial score (nSPS) is 14.6. The van der Waals surface area contributed by atoms with Gasteiger partial charge >= 0.3 is 6.09 Å². The van der Waals surface area contributed by atoms with Gasteiger partial charge in [0.05, 0.1) is 19.7 Å². The van der Waals surface area contributed by atoms with Crippen LogP contribution in [0.5, 0.6) is 11.8 Å². The molecule has 0 saturated heterocycles. The monoisotopic (exact) mass is 266 g/mol. The number of aromatic nitrogens is 1. The molecule has 6 heteroatoms. The molecule has 0 atom stereocenters. The van der Waals surface area contributed by atoms with Crippen LogP contribution in [0.1, 0.15) is 19.4 Å². The second kappa shape index (κ2) is 5.77. The number of hydrogen-bond donors (Lipinski definition) is 1. The van der Waals surface area contributed by atoms with Crippen LogP contribution in [-0.4, -0.2) is 40.8 Å². The van der Waals surface area contributed by atoms with Gasteiger partial charge in [-0.2, -0.15) is 4.98 Å². The van der Waals surface area contributed by atoms with Crippen molar-refractivity contribution in [2.75, 3.05) is 19.8 Å². The summed E-state index contributed by atoms with van der Waals surface area (Å²) < 4.78 is 11.0. The highest BCUT2D eigenvalue weighted by Gasteiger charge is 2.20. The Morgan fingerprint density at radius 1 is 1.58 bits per heavy atom. The number of ether oxygens (including phenoxy) is 2. The van der Waals surface area contributed by atoms with E-state index in [0.29, 0.717) is 44.0 Å². The number of carboxylic acid groups (broad SMARTS) is 1. The maximum absolute atomic E-state index is 11.0. The minimum atomic E-state index is -0.948. The Balaban J connectivity index is 2.12. The van der Waals surface area contributed by atoms with Gasteiger partial charge in [-0.1, -0.05) is 13.8 Å². The fraction of sp³-hybridized carbons (Fsp3) is 0.538. The van der Waals surface area contributed by atoms with Gasteiger partial charge < -0.3 is 19.5 Å². The molecule has 0 fully saturated rings. The van der Waals surface area contributed by atoms with Crippen molar-refractivity contribution in [2.45, 2.75) is 20.4 Å². The molecule has 0 unspecified atom stereocenters. The number of carbonyl (C=O) groups is 1. The van der Waals surface area contributed by atoms with Crippen molar-refractivity contribution in [1.29, 1.82) is 0 Å². The molecule has 6 nitrogen and oxygen atoms in total. The van der Waals surface area contributed by atoms with Crippen LogP contribution >= 0.6 is 0 Å². The van der Waals surface area contributed by atoms with Crippen molar-refractivity contribution in [2.24, 2.45) is 5.92 Å². The average molecular weight is 266 g/mol. The Morgan fingerprint density at radius 2 is 2.37 bits per heavy atom. The number of amides is 1. The highest BCUT2D eigenvalue weighted by Crippen LogP contribution is 2.24. The topological polar surface area (TPSA) is 71.9 Å². The van der Waals surface area contributed by atoms with E-state index in [1.165, 1.54) is 4.90 Å². The quantitative estimate of drug-likeness (QED) is 0.905. The predicted molar refractivity (Wildman–Crippen MR) is 68.5 cm³/mol. The fourth-order valence-corrected chi connectivity index (χ4v) is 1.73. The van der Waals surface area contributed by atoms with Crippen LogP contribution in [-0.2, 0) is 6.54 Å². The highest BCUT2D eigenvalue weighted by molar-refractivity contribution is 5.65. The Morgan fingerprint density at radius 3 is 3.05 bits per heavy atom. The standard InChI is InChI=1S/C13H18N2O4/c1-9(2)8-19-11-4-3-10-7-15(13(16)17)5-6-18-12(10)14-11/h3-4,9H,5-8H2,1-2H3,(H,16,17). The lowest BCUT2D eigenvalue weighted by Crippen LogP contribution is -2.30. The van der Waals surface area contributed by atoms with Gasteiger partial charge in [0.25, 0.3) is 0 Å². The zero-order chi connectivity index (χ0) is 13.8. The predicted octanol–water partition coefficient (Wildman–Crippen LogP) is 1.99. The third-order valence-electron chi connectivity index (χ3n) is 2.71. The Hall–Kier alpha value is -1.98. The Bertz CT molecular complexity index is 462. The Labute approximate surface area is 112 Å². The van der Waals surface area contributed by atoms with Crippen molar-refractivity contribution in [1.82, 2.24) is 9.88 Å². The van der Waals surface area contributed by atoms with E-state index in [9.17, 15) is 4.79 Å². The molecule has 1 aromatic rings. The molecule has 0 aliphatic carbocycles. The van der Waals surface area contributed by atoms with Crippen molar-refractivity contribution in [3.8, 4) is 11.8 Å². The highest BCUT2D eigenvalue weighted by atomic mass is 16.5. The first-order valence-corrected chi connectivity index (χ1v) is 6.29. The molecule has 0 saturated carbocycles. The molecule has 1 aliphatic rings. The molecule has 104 valence electrons. The molecule has 1 N–H and O–H groups in total. The summed E-state index contributed by atoms with van der Waals surface area (Å²) in [7, 11) is 0. The van der Waals surface area contributed by atoms with E-state index in [0.717, 1.165) is 5.56 Å². The molecule has 1 aromatic heterocycles.